The number of aromatic nitrogens is 1. The second kappa shape index (κ2) is 5.27. The first-order valence-corrected chi connectivity index (χ1v) is 7.08. The van der Waals surface area contributed by atoms with Gasteiger partial charge in [0.1, 0.15) is 0 Å². The van der Waals surface area contributed by atoms with E-state index in [-0.39, 0.29) is 0 Å². The number of fused-ring (bicyclic) bond motifs is 1. The Labute approximate surface area is 128 Å². The zero-order valence-electron chi connectivity index (χ0n) is 10.9. The van der Waals surface area contributed by atoms with Crippen LogP contribution in [-0.2, 0) is 0 Å². The monoisotopic (exact) mass is 300 g/mol. The van der Waals surface area contributed by atoms with Gasteiger partial charge in [0.2, 0.25) is 0 Å². The lowest BCUT2D eigenvalue weighted by molar-refractivity contribution is 1.22. The van der Waals surface area contributed by atoms with Crippen molar-refractivity contribution >= 4 is 45.5 Å². The Morgan fingerprint density at radius 1 is 1.10 bits per heavy atom. The van der Waals surface area contributed by atoms with Crippen LogP contribution in [0.4, 0.5) is 5.69 Å². The van der Waals surface area contributed by atoms with Crippen molar-refractivity contribution in [3.63, 3.8) is 0 Å². The highest BCUT2D eigenvalue weighted by molar-refractivity contribution is 7.80. The second-order valence-electron chi connectivity index (χ2n) is 4.61. The molecule has 3 aromatic rings. The number of nitrogens with one attached hydrogen (secondary N) is 1. The Morgan fingerprint density at radius 3 is 2.60 bits per heavy atom. The summed E-state index contributed by atoms with van der Waals surface area (Å²) >= 11 is 11.6. The van der Waals surface area contributed by atoms with Crippen molar-refractivity contribution in [3.05, 3.63) is 65.3 Å². The van der Waals surface area contributed by atoms with Gasteiger partial charge in [-0.2, -0.15) is 0 Å². The number of hydrogen-bond acceptors (Lipinski definition) is 1. The molecule has 0 amide bonds. The Morgan fingerprint density at radius 2 is 1.80 bits per heavy atom. The molecule has 0 saturated heterocycles. The van der Waals surface area contributed by atoms with Gasteiger partial charge < -0.3 is 5.32 Å². The molecule has 0 unspecified atom stereocenters. The minimum atomic E-state index is 0.613. The quantitative estimate of drug-likeness (QED) is 0.647. The van der Waals surface area contributed by atoms with E-state index in [4.69, 9.17) is 23.8 Å². The summed E-state index contributed by atoms with van der Waals surface area (Å²) in [5.41, 5.74) is 3.10. The molecular weight excluding hydrogens is 288 g/mol. The number of benzene rings is 2. The molecule has 3 rings (SSSR count). The lowest BCUT2D eigenvalue weighted by Gasteiger charge is -2.11. The largest absolute Gasteiger partial charge is 0.331 e. The van der Waals surface area contributed by atoms with Gasteiger partial charge in [-0.15, -0.1) is 0 Å². The SMILES string of the molecule is Cc1cn(C(=S)Nc2ccccc2Cl)c2ccccc12. The standard InChI is InChI=1S/C16H13ClN2S/c1-11-10-19(15-9-5-2-6-12(11)15)16(20)18-14-8-4-3-7-13(14)17/h2-10H,1H3,(H,18,20). The van der Waals surface area contributed by atoms with Gasteiger partial charge in [-0.1, -0.05) is 41.9 Å². The van der Waals surface area contributed by atoms with E-state index >= 15 is 0 Å². The van der Waals surface area contributed by atoms with Crippen LogP contribution in [-0.4, -0.2) is 9.68 Å². The average Bonchev–Trinajstić information content (AvgIpc) is 2.79. The minimum absolute atomic E-state index is 0.613. The first-order valence-electron chi connectivity index (χ1n) is 6.29. The number of rotatable bonds is 1. The molecule has 1 heterocycles. The van der Waals surface area contributed by atoms with E-state index in [1.807, 2.05) is 47.2 Å². The number of thiocarbonyl (C=S) groups is 1. The van der Waals surface area contributed by atoms with Gasteiger partial charge in [0.25, 0.3) is 0 Å². The van der Waals surface area contributed by atoms with E-state index in [1.165, 1.54) is 10.9 Å². The molecule has 0 saturated carbocycles. The summed E-state index contributed by atoms with van der Waals surface area (Å²) in [7, 11) is 0. The first kappa shape index (κ1) is 13.2. The highest BCUT2D eigenvalue weighted by atomic mass is 35.5. The molecule has 20 heavy (non-hydrogen) atoms. The molecule has 0 spiro atoms. The first-order chi connectivity index (χ1) is 9.66. The number of para-hydroxylation sites is 2. The summed E-state index contributed by atoms with van der Waals surface area (Å²) in [5, 5.41) is 5.67. The Hall–Kier alpha value is -1.84. The predicted molar refractivity (Wildman–Crippen MR) is 89.7 cm³/mol. The smallest absolute Gasteiger partial charge is 0.182 e. The summed E-state index contributed by atoms with van der Waals surface area (Å²) in [6.45, 7) is 2.08. The van der Waals surface area contributed by atoms with Crippen molar-refractivity contribution in [2.24, 2.45) is 0 Å². The van der Waals surface area contributed by atoms with Crippen LogP contribution < -0.4 is 5.32 Å². The van der Waals surface area contributed by atoms with Crippen LogP contribution in [0.1, 0.15) is 5.56 Å². The third-order valence-electron chi connectivity index (χ3n) is 3.25. The molecule has 0 aliphatic heterocycles. The molecule has 0 aliphatic carbocycles. The van der Waals surface area contributed by atoms with Crippen molar-refractivity contribution in [1.29, 1.82) is 0 Å². The fourth-order valence-electron chi connectivity index (χ4n) is 2.26. The number of halogens is 1. The molecule has 4 heteroatoms. The third kappa shape index (κ3) is 2.30. The van der Waals surface area contributed by atoms with E-state index < -0.39 is 0 Å². The zero-order valence-corrected chi connectivity index (χ0v) is 12.5. The maximum atomic E-state index is 6.15. The number of anilines is 1. The molecule has 0 aliphatic rings. The van der Waals surface area contributed by atoms with Crippen LogP contribution in [0.25, 0.3) is 10.9 Å². The van der Waals surface area contributed by atoms with E-state index in [0.29, 0.717) is 10.1 Å². The van der Waals surface area contributed by atoms with Crippen molar-refractivity contribution < 1.29 is 0 Å². The molecular formula is C16H13ClN2S. The average molecular weight is 301 g/mol. The predicted octanol–water partition coefficient (Wildman–Crippen LogP) is 4.85. The molecule has 2 aromatic carbocycles. The van der Waals surface area contributed by atoms with Crippen LogP contribution in [0, 0.1) is 6.92 Å². The topological polar surface area (TPSA) is 17.0 Å². The maximum absolute atomic E-state index is 6.15. The van der Waals surface area contributed by atoms with Crippen molar-refractivity contribution in [2.75, 3.05) is 5.32 Å². The van der Waals surface area contributed by atoms with E-state index in [1.54, 1.807) is 0 Å². The van der Waals surface area contributed by atoms with E-state index in [9.17, 15) is 0 Å². The van der Waals surface area contributed by atoms with E-state index in [2.05, 4.69) is 24.4 Å². The van der Waals surface area contributed by atoms with Gasteiger partial charge in [-0.3, -0.25) is 4.57 Å². The van der Waals surface area contributed by atoms with Crippen LogP contribution in [0.15, 0.2) is 54.7 Å². The van der Waals surface area contributed by atoms with Crippen LogP contribution in [0.2, 0.25) is 5.02 Å². The van der Waals surface area contributed by atoms with Gasteiger partial charge in [0.15, 0.2) is 5.11 Å². The molecule has 0 atom stereocenters. The summed E-state index contributed by atoms with van der Waals surface area (Å²) in [5.74, 6) is 0. The van der Waals surface area contributed by atoms with E-state index in [0.717, 1.165) is 11.2 Å². The lowest BCUT2D eigenvalue weighted by Crippen LogP contribution is -2.18. The number of nitrogens with zero attached hydrogens (tertiary/aromatic N) is 1. The lowest BCUT2D eigenvalue weighted by atomic mass is 10.2. The highest BCUT2D eigenvalue weighted by Gasteiger charge is 2.09. The molecule has 2 nitrogen and oxygen atoms in total. The summed E-state index contributed by atoms with van der Waals surface area (Å²) in [6, 6.07) is 15.8. The summed E-state index contributed by atoms with van der Waals surface area (Å²) < 4.78 is 1.98. The molecule has 0 fully saturated rings. The molecule has 0 bridgehead atoms. The molecule has 0 radical (unpaired) electrons. The molecule has 100 valence electrons. The van der Waals surface area contributed by atoms with Gasteiger partial charge in [-0.25, -0.2) is 0 Å². The van der Waals surface area contributed by atoms with Crippen LogP contribution in [0.5, 0.6) is 0 Å². The summed E-state index contributed by atoms with van der Waals surface area (Å²) in [4.78, 5) is 0. The Kier molecular flexibility index (Phi) is 3.47. The normalized spacial score (nSPS) is 10.7. The Balaban J connectivity index is 2.00. The fraction of sp³-hybridized carbons (Fsp3) is 0.0625. The van der Waals surface area contributed by atoms with Crippen molar-refractivity contribution in [2.45, 2.75) is 6.92 Å². The minimum Gasteiger partial charge on any atom is -0.331 e. The fourth-order valence-corrected chi connectivity index (χ4v) is 2.70. The highest BCUT2D eigenvalue weighted by Crippen LogP contribution is 2.23. The Bertz CT molecular complexity index is 792. The third-order valence-corrected chi connectivity index (χ3v) is 3.87. The van der Waals surface area contributed by atoms with Crippen LogP contribution >= 0.6 is 23.8 Å². The zero-order chi connectivity index (χ0) is 14.1. The van der Waals surface area contributed by atoms with Crippen LogP contribution in [0.3, 0.4) is 0 Å². The number of hydrogen-bond donors (Lipinski definition) is 1. The van der Waals surface area contributed by atoms with Gasteiger partial charge in [0.05, 0.1) is 16.2 Å². The number of aryl methyl sites for hydroxylation is 1. The van der Waals surface area contributed by atoms with Gasteiger partial charge in [0, 0.05) is 11.6 Å². The van der Waals surface area contributed by atoms with Gasteiger partial charge >= 0.3 is 0 Å². The van der Waals surface area contributed by atoms with Crippen molar-refractivity contribution in [1.82, 2.24) is 4.57 Å². The molecule has 1 aromatic heterocycles. The summed E-state index contributed by atoms with van der Waals surface area (Å²) in [6.07, 6.45) is 2.04. The maximum Gasteiger partial charge on any atom is 0.182 e. The van der Waals surface area contributed by atoms with Gasteiger partial charge in [-0.05, 0) is 42.9 Å². The molecule has 1 N–H and O–H groups in total. The van der Waals surface area contributed by atoms with Crippen molar-refractivity contribution in [3.8, 4) is 0 Å². The second-order valence-corrected chi connectivity index (χ2v) is 5.40.